The summed E-state index contributed by atoms with van der Waals surface area (Å²) in [7, 11) is 0. The van der Waals surface area contributed by atoms with Gasteiger partial charge in [0.25, 0.3) is 5.91 Å². The van der Waals surface area contributed by atoms with Gasteiger partial charge in [-0.15, -0.1) is 0 Å². The Morgan fingerprint density at radius 2 is 2.50 bits per heavy atom. The van der Waals surface area contributed by atoms with Crippen molar-refractivity contribution in [1.29, 1.82) is 0 Å². The van der Waals surface area contributed by atoms with E-state index >= 15 is 0 Å². The van der Waals surface area contributed by atoms with Crippen LogP contribution in [0, 0.1) is 5.92 Å². The van der Waals surface area contributed by atoms with E-state index in [1.54, 1.807) is 0 Å². The SMILES string of the molecule is CC1CCN(CC(=O)NO)C1=O. The fourth-order valence-corrected chi connectivity index (χ4v) is 1.26. The molecule has 1 atom stereocenters. The first-order valence-corrected chi connectivity index (χ1v) is 3.87. The highest BCUT2D eigenvalue weighted by Crippen LogP contribution is 2.15. The van der Waals surface area contributed by atoms with Crippen LogP contribution in [0.3, 0.4) is 0 Å². The molecule has 2 N–H and O–H groups in total. The summed E-state index contributed by atoms with van der Waals surface area (Å²) in [5.74, 6) is -0.549. The molecule has 5 nitrogen and oxygen atoms in total. The maximum Gasteiger partial charge on any atom is 0.262 e. The summed E-state index contributed by atoms with van der Waals surface area (Å²) in [6, 6.07) is 0. The number of hydrogen-bond donors (Lipinski definition) is 2. The highest BCUT2D eigenvalue weighted by molar-refractivity contribution is 5.86. The van der Waals surface area contributed by atoms with Gasteiger partial charge >= 0.3 is 0 Å². The van der Waals surface area contributed by atoms with E-state index in [-0.39, 0.29) is 18.4 Å². The van der Waals surface area contributed by atoms with Crippen molar-refractivity contribution in [2.75, 3.05) is 13.1 Å². The van der Waals surface area contributed by atoms with Crippen molar-refractivity contribution in [3.63, 3.8) is 0 Å². The molecule has 1 saturated heterocycles. The van der Waals surface area contributed by atoms with E-state index in [1.165, 1.54) is 10.4 Å². The third kappa shape index (κ3) is 1.73. The summed E-state index contributed by atoms with van der Waals surface area (Å²) in [5.41, 5.74) is 1.49. The fourth-order valence-electron chi connectivity index (χ4n) is 1.26. The van der Waals surface area contributed by atoms with Crippen LogP contribution in [0.5, 0.6) is 0 Å². The van der Waals surface area contributed by atoms with Gasteiger partial charge in [0.15, 0.2) is 0 Å². The lowest BCUT2D eigenvalue weighted by Crippen LogP contribution is -2.37. The zero-order valence-corrected chi connectivity index (χ0v) is 6.91. The zero-order valence-electron chi connectivity index (χ0n) is 6.91. The molecule has 0 spiro atoms. The monoisotopic (exact) mass is 172 g/mol. The highest BCUT2D eigenvalue weighted by Gasteiger charge is 2.28. The molecule has 1 heterocycles. The third-order valence-corrected chi connectivity index (χ3v) is 2.02. The summed E-state index contributed by atoms with van der Waals surface area (Å²) in [4.78, 5) is 23.3. The van der Waals surface area contributed by atoms with Crippen LogP contribution in [-0.4, -0.2) is 35.0 Å². The minimum Gasteiger partial charge on any atom is -0.333 e. The highest BCUT2D eigenvalue weighted by atomic mass is 16.5. The Morgan fingerprint density at radius 1 is 1.83 bits per heavy atom. The first-order chi connectivity index (χ1) is 5.65. The van der Waals surface area contributed by atoms with Crippen molar-refractivity contribution < 1.29 is 14.8 Å². The van der Waals surface area contributed by atoms with Crippen molar-refractivity contribution in [1.82, 2.24) is 10.4 Å². The van der Waals surface area contributed by atoms with Gasteiger partial charge in [-0.05, 0) is 6.42 Å². The molecule has 0 aromatic heterocycles. The molecule has 1 rings (SSSR count). The Balaban J connectivity index is 2.44. The first-order valence-electron chi connectivity index (χ1n) is 3.87. The number of hydroxylamine groups is 1. The van der Waals surface area contributed by atoms with E-state index in [9.17, 15) is 9.59 Å². The van der Waals surface area contributed by atoms with Crippen molar-refractivity contribution in [3.8, 4) is 0 Å². The number of rotatable bonds is 2. The largest absolute Gasteiger partial charge is 0.333 e. The number of likely N-dealkylation sites (tertiary alicyclic amines) is 1. The number of nitrogens with zero attached hydrogens (tertiary/aromatic N) is 1. The topological polar surface area (TPSA) is 69.6 Å². The summed E-state index contributed by atoms with van der Waals surface area (Å²) in [6.07, 6.45) is 0.789. The van der Waals surface area contributed by atoms with Crippen LogP contribution in [-0.2, 0) is 9.59 Å². The van der Waals surface area contributed by atoms with Crippen molar-refractivity contribution in [3.05, 3.63) is 0 Å². The summed E-state index contributed by atoms with van der Waals surface area (Å²) in [6.45, 7) is 2.40. The first kappa shape index (κ1) is 8.99. The summed E-state index contributed by atoms with van der Waals surface area (Å²) in [5, 5.41) is 8.21. The van der Waals surface area contributed by atoms with Gasteiger partial charge in [-0.3, -0.25) is 14.8 Å². The Bertz CT molecular complexity index is 205. The lowest BCUT2D eigenvalue weighted by Gasteiger charge is -2.13. The molecule has 1 aliphatic rings. The fraction of sp³-hybridized carbons (Fsp3) is 0.714. The second kappa shape index (κ2) is 3.53. The molecule has 1 aliphatic heterocycles. The molecule has 1 fully saturated rings. The van der Waals surface area contributed by atoms with Gasteiger partial charge in [-0.1, -0.05) is 6.92 Å². The number of amides is 2. The molecule has 5 heteroatoms. The summed E-state index contributed by atoms with van der Waals surface area (Å²) < 4.78 is 0. The van der Waals surface area contributed by atoms with Gasteiger partial charge in [-0.2, -0.15) is 0 Å². The number of carbonyl (C=O) groups excluding carboxylic acids is 2. The van der Waals surface area contributed by atoms with Gasteiger partial charge in [0.1, 0.15) is 6.54 Å². The molecule has 0 radical (unpaired) electrons. The van der Waals surface area contributed by atoms with Gasteiger partial charge in [0.05, 0.1) is 0 Å². The molecule has 0 saturated carbocycles. The quantitative estimate of drug-likeness (QED) is 0.430. The average Bonchev–Trinajstić information content (AvgIpc) is 2.36. The Hall–Kier alpha value is -1.10. The molecule has 1 unspecified atom stereocenters. The van der Waals surface area contributed by atoms with Crippen molar-refractivity contribution in [2.24, 2.45) is 5.92 Å². The molecular weight excluding hydrogens is 160 g/mol. The normalized spacial score (nSPS) is 23.0. The van der Waals surface area contributed by atoms with Crippen LogP contribution in [0.2, 0.25) is 0 Å². The molecule has 12 heavy (non-hydrogen) atoms. The van der Waals surface area contributed by atoms with Crippen LogP contribution in [0.15, 0.2) is 0 Å². The third-order valence-electron chi connectivity index (χ3n) is 2.02. The summed E-state index contributed by atoms with van der Waals surface area (Å²) >= 11 is 0. The van der Waals surface area contributed by atoms with E-state index < -0.39 is 5.91 Å². The van der Waals surface area contributed by atoms with Crippen LogP contribution in [0.1, 0.15) is 13.3 Å². The van der Waals surface area contributed by atoms with E-state index in [1.807, 2.05) is 6.92 Å². The van der Waals surface area contributed by atoms with Gasteiger partial charge in [0, 0.05) is 12.5 Å². The Morgan fingerprint density at radius 3 is 2.92 bits per heavy atom. The molecule has 0 bridgehead atoms. The van der Waals surface area contributed by atoms with E-state index in [2.05, 4.69) is 0 Å². The second-order valence-electron chi connectivity index (χ2n) is 2.98. The van der Waals surface area contributed by atoms with Gasteiger partial charge < -0.3 is 4.90 Å². The molecular formula is C7H12N2O3. The van der Waals surface area contributed by atoms with Gasteiger partial charge in [0.2, 0.25) is 5.91 Å². The average molecular weight is 172 g/mol. The number of carbonyl (C=O) groups is 2. The smallest absolute Gasteiger partial charge is 0.262 e. The van der Waals surface area contributed by atoms with E-state index in [4.69, 9.17) is 5.21 Å². The molecule has 2 amide bonds. The Labute approximate surface area is 70.3 Å². The van der Waals surface area contributed by atoms with E-state index in [0.717, 1.165) is 6.42 Å². The molecule has 68 valence electrons. The van der Waals surface area contributed by atoms with Gasteiger partial charge in [-0.25, -0.2) is 5.48 Å². The second-order valence-corrected chi connectivity index (χ2v) is 2.98. The van der Waals surface area contributed by atoms with Crippen LogP contribution in [0.4, 0.5) is 0 Å². The predicted octanol–water partition coefficient (Wildman–Crippen LogP) is -0.640. The van der Waals surface area contributed by atoms with Crippen molar-refractivity contribution in [2.45, 2.75) is 13.3 Å². The standard InChI is InChI=1S/C7H12N2O3/c1-5-2-3-9(7(5)11)4-6(10)8-12/h5,12H,2-4H2,1H3,(H,8,10). The lowest BCUT2D eigenvalue weighted by molar-refractivity contribution is -0.138. The number of hydrogen-bond acceptors (Lipinski definition) is 3. The Kier molecular flexibility index (Phi) is 2.65. The maximum atomic E-state index is 11.2. The lowest BCUT2D eigenvalue weighted by atomic mass is 10.1. The molecule has 0 aromatic carbocycles. The zero-order chi connectivity index (χ0) is 9.14. The number of nitrogens with one attached hydrogen (secondary N) is 1. The van der Waals surface area contributed by atoms with Crippen LogP contribution >= 0.6 is 0 Å². The molecule has 0 aliphatic carbocycles. The van der Waals surface area contributed by atoms with Crippen molar-refractivity contribution >= 4 is 11.8 Å². The van der Waals surface area contributed by atoms with E-state index in [0.29, 0.717) is 6.54 Å². The minimum atomic E-state index is -0.544. The van der Waals surface area contributed by atoms with Crippen LogP contribution in [0.25, 0.3) is 0 Å². The maximum absolute atomic E-state index is 11.2. The predicted molar refractivity (Wildman–Crippen MR) is 40.3 cm³/mol. The molecule has 0 aromatic rings. The minimum absolute atomic E-state index is 0.0106. The van der Waals surface area contributed by atoms with Crippen LogP contribution < -0.4 is 5.48 Å².